The molecule has 0 aromatic heterocycles. The predicted octanol–water partition coefficient (Wildman–Crippen LogP) is 3.25. The fourth-order valence-corrected chi connectivity index (χ4v) is 2.31. The van der Waals surface area contributed by atoms with E-state index in [4.69, 9.17) is 11.6 Å². The summed E-state index contributed by atoms with van der Waals surface area (Å²) in [6, 6.07) is 16.5. The largest absolute Gasteiger partial charge is 0.385 e. The van der Waals surface area contributed by atoms with Gasteiger partial charge in [-0.2, -0.15) is 0 Å². The minimum absolute atomic E-state index is 0.00145. The van der Waals surface area contributed by atoms with Gasteiger partial charge in [0.25, 0.3) is 0 Å². The van der Waals surface area contributed by atoms with Crippen molar-refractivity contribution < 1.29 is 9.90 Å². The summed E-state index contributed by atoms with van der Waals surface area (Å²) in [7, 11) is 0. The quantitative estimate of drug-likeness (QED) is 0.891. The monoisotopic (exact) mass is 303 g/mol. The van der Waals surface area contributed by atoms with Crippen LogP contribution < -0.4 is 5.32 Å². The van der Waals surface area contributed by atoms with Crippen molar-refractivity contribution >= 4 is 17.5 Å². The fraction of sp³-hybridized carbons (Fsp3) is 0.235. The van der Waals surface area contributed by atoms with Crippen LogP contribution in [0.5, 0.6) is 0 Å². The van der Waals surface area contributed by atoms with Gasteiger partial charge in [-0.25, -0.2) is 0 Å². The molecule has 0 aliphatic rings. The van der Waals surface area contributed by atoms with Gasteiger partial charge in [0.2, 0.25) is 5.91 Å². The van der Waals surface area contributed by atoms with Gasteiger partial charge in [-0.05, 0) is 24.1 Å². The van der Waals surface area contributed by atoms with Crippen molar-refractivity contribution in [3.8, 4) is 0 Å². The SMILES string of the molecule is CC(O)(CC(=O)NCc1ccccc1Cl)c1ccccc1. The first kappa shape index (κ1) is 15.5. The van der Waals surface area contributed by atoms with Crippen LogP contribution in [-0.4, -0.2) is 11.0 Å². The van der Waals surface area contributed by atoms with Crippen LogP contribution >= 0.6 is 11.6 Å². The molecule has 2 aromatic carbocycles. The number of hydrogen-bond acceptors (Lipinski definition) is 2. The summed E-state index contributed by atoms with van der Waals surface area (Å²) in [4.78, 5) is 12.0. The summed E-state index contributed by atoms with van der Waals surface area (Å²) in [6.45, 7) is 1.99. The second-order valence-electron chi connectivity index (χ2n) is 5.18. The predicted molar refractivity (Wildman–Crippen MR) is 83.9 cm³/mol. The minimum atomic E-state index is -1.19. The van der Waals surface area contributed by atoms with Crippen LogP contribution in [0.15, 0.2) is 54.6 Å². The maximum Gasteiger partial charge on any atom is 0.223 e. The zero-order chi connectivity index (χ0) is 15.3. The average Bonchev–Trinajstić information content (AvgIpc) is 2.47. The summed E-state index contributed by atoms with van der Waals surface area (Å²) in [5, 5.41) is 13.8. The average molecular weight is 304 g/mol. The van der Waals surface area contributed by atoms with E-state index in [1.807, 2.05) is 36.4 Å². The number of amides is 1. The third-order valence-electron chi connectivity index (χ3n) is 3.33. The Morgan fingerprint density at radius 2 is 1.76 bits per heavy atom. The summed E-state index contributed by atoms with van der Waals surface area (Å²) in [6.07, 6.45) is 0.00145. The summed E-state index contributed by atoms with van der Waals surface area (Å²) in [5.41, 5.74) is 0.385. The van der Waals surface area contributed by atoms with E-state index >= 15 is 0 Å². The van der Waals surface area contributed by atoms with Gasteiger partial charge in [-0.3, -0.25) is 4.79 Å². The Balaban J connectivity index is 1.94. The summed E-state index contributed by atoms with van der Waals surface area (Å²) < 4.78 is 0. The van der Waals surface area contributed by atoms with Crippen molar-refractivity contribution in [2.75, 3.05) is 0 Å². The van der Waals surface area contributed by atoms with Gasteiger partial charge < -0.3 is 10.4 Å². The first-order valence-corrected chi connectivity index (χ1v) is 7.15. The molecule has 2 N–H and O–H groups in total. The Hall–Kier alpha value is -1.84. The van der Waals surface area contributed by atoms with Crippen molar-refractivity contribution in [2.24, 2.45) is 0 Å². The smallest absolute Gasteiger partial charge is 0.223 e. The van der Waals surface area contributed by atoms with Crippen LogP contribution in [0.2, 0.25) is 5.02 Å². The van der Waals surface area contributed by atoms with Crippen LogP contribution in [0.3, 0.4) is 0 Å². The van der Waals surface area contributed by atoms with Gasteiger partial charge in [0, 0.05) is 11.6 Å². The Bertz CT molecular complexity index is 611. The minimum Gasteiger partial charge on any atom is -0.385 e. The lowest BCUT2D eigenvalue weighted by atomic mass is 9.92. The van der Waals surface area contributed by atoms with Crippen LogP contribution in [0.1, 0.15) is 24.5 Å². The van der Waals surface area contributed by atoms with Gasteiger partial charge in [0.05, 0.1) is 12.0 Å². The van der Waals surface area contributed by atoms with Gasteiger partial charge in [0.1, 0.15) is 0 Å². The van der Waals surface area contributed by atoms with E-state index in [0.29, 0.717) is 11.6 Å². The second kappa shape index (κ2) is 6.74. The van der Waals surface area contributed by atoms with E-state index in [1.165, 1.54) is 0 Å². The number of rotatable bonds is 5. The molecule has 1 atom stereocenters. The molecule has 0 saturated heterocycles. The molecule has 21 heavy (non-hydrogen) atoms. The molecule has 0 aliphatic heterocycles. The third-order valence-corrected chi connectivity index (χ3v) is 3.70. The van der Waals surface area contributed by atoms with E-state index in [0.717, 1.165) is 11.1 Å². The highest BCUT2D eigenvalue weighted by Crippen LogP contribution is 2.24. The maximum absolute atomic E-state index is 12.0. The molecule has 1 unspecified atom stereocenters. The van der Waals surface area contributed by atoms with Crippen LogP contribution in [0, 0.1) is 0 Å². The van der Waals surface area contributed by atoms with Crippen LogP contribution in [0.25, 0.3) is 0 Å². The molecule has 4 heteroatoms. The van der Waals surface area contributed by atoms with E-state index in [1.54, 1.807) is 25.1 Å². The summed E-state index contributed by atoms with van der Waals surface area (Å²) in [5.74, 6) is -0.219. The number of nitrogens with one attached hydrogen (secondary N) is 1. The molecule has 0 fully saturated rings. The number of halogens is 1. The van der Waals surface area contributed by atoms with E-state index < -0.39 is 5.60 Å². The Morgan fingerprint density at radius 1 is 1.14 bits per heavy atom. The van der Waals surface area contributed by atoms with Gasteiger partial charge >= 0.3 is 0 Å². The molecular formula is C17H18ClNO2. The Morgan fingerprint density at radius 3 is 2.43 bits per heavy atom. The van der Waals surface area contributed by atoms with Crippen LogP contribution in [0.4, 0.5) is 0 Å². The molecule has 0 radical (unpaired) electrons. The van der Waals surface area contributed by atoms with Crippen molar-refractivity contribution in [3.63, 3.8) is 0 Å². The van der Waals surface area contributed by atoms with Crippen molar-refractivity contribution in [2.45, 2.75) is 25.5 Å². The van der Waals surface area contributed by atoms with Crippen molar-refractivity contribution in [1.82, 2.24) is 5.32 Å². The van der Waals surface area contributed by atoms with Crippen molar-refractivity contribution in [3.05, 3.63) is 70.7 Å². The highest BCUT2D eigenvalue weighted by atomic mass is 35.5. The van der Waals surface area contributed by atoms with E-state index in [2.05, 4.69) is 5.32 Å². The lowest BCUT2D eigenvalue weighted by molar-refractivity contribution is -0.126. The van der Waals surface area contributed by atoms with Gasteiger partial charge in [-0.15, -0.1) is 0 Å². The van der Waals surface area contributed by atoms with Crippen LogP contribution in [-0.2, 0) is 16.9 Å². The molecular weight excluding hydrogens is 286 g/mol. The molecule has 0 spiro atoms. The number of carbonyl (C=O) groups is 1. The molecule has 2 rings (SSSR count). The standard InChI is InChI=1S/C17H18ClNO2/c1-17(21,14-8-3-2-4-9-14)11-16(20)19-12-13-7-5-6-10-15(13)18/h2-10,21H,11-12H2,1H3,(H,19,20). The lowest BCUT2D eigenvalue weighted by Gasteiger charge is -2.23. The number of aliphatic hydroxyl groups is 1. The Labute approximate surface area is 129 Å². The summed E-state index contributed by atoms with van der Waals surface area (Å²) >= 11 is 6.04. The molecule has 0 bridgehead atoms. The second-order valence-corrected chi connectivity index (χ2v) is 5.59. The Kier molecular flexibility index (Phi) is 4.99. The first-order chi connectivity index (χ1) is 9.99. The highest BCUT2D eigenvalue weighted by molar-refractivity contribution is 6.31. The first-order valence-electron chi connectivity index (χ1n) is 6.77. The lowest BCUT2D eigenvalue weighted by Crippen LogP contribution is -2.32. The topological polar surface area (TPSA) is 49.3 Å². The molecule has 1 amide bonds. The molecule has 0 heterocycles. The molecule has 110 valence electrons. The zero-order valence-corrected chi connectivity index (χ0v) is 12.6. The van der Waals surface area contributed by atoms with E-state index in [9.17, 15) is 9.90 Å². The molecule has 0 aliphatic carbocycles. The van der Waals surface area contributed by atoms with Crippen molar-refractivity contribution in [1.29, 1.82) is 0 Å². The normalized spacial score (nSPS) is 13.5. The third kappa shape index (κ3) is 4.31. The number of benzene rings is 2. The fourth-order valence-electron chi connectivity index (χ4n) is 2.11. The molecule has 0 saturated carbocycles. The van der Waals surface area contributed by atoms with Gasteiger partial charge in [0.15, 0.2) is 0 Å². The van der Waals surface area contributed by atoms with Gasteiger partial charge in [-0.1, -0.05) is 60.1 Å². The van der Waals surface area contributed by atoms with E-state index in [-0.39, 0.29) is 12.3 Å². The zero-order valence-electron chi connectivity index (χ0n) is 11.8. The highest BCUT2D eigenvalue weighted by Gasteiger charge is 2.26. The number of carbonyl (C=O) groups excluding carboxylic acids is 1. The molecule has 3 nitrogen and oxygen atoms in total. The number of hydrogen-bond donors (Lipinski definition) is 2. The maximum atomic E-state index is 12.0. The molecule has 2 aromatic rings.